The van der Waals surface area contributed by atoms with Gasteiger partial charge in [-0.1, -0.05) is 0 Å². The average molecular weight is 341 g/mol. The zero-order valence-electron chi connectivity index (χ0n) is 14.3. The monoisotopic (exact) mass is 341 g/mol. The summed E-state index contributed by atoms with van der Waals surface area (Å²) in [6.45, 7) is 1.79. The van der Waals surface area contributed by atoms with E-state index in [4.69, 9.17) is 4.42 Å². The lowest BCUT2D eigenvalue weighted by molar-refractivity contribution is 0.114. The molecule has 7 nitrogen and oxygen atoms in total. The van der Waals surface area contributed by atoms with Crippen LogP contribution in [0, 0.1) is 0 Å². The van der Waals surface area contributed by atoms with Gasteiger partial charge in [-0.25, -0.2) is 0 Å². The molecule has 1 aliphatic heterocycles. The van der Waals surface area contributed by atoms with Gasteiger partial charge in [0.1, 0.15) is 11.5 Å². The molecule has 7 heteroatoms. The average Bonchev–Trinajstić information content (AvgIpc) is 3.35. The number of aromatic nitrogens is 4. The second-order valence-corrected chi connectivity index (χ2v) is 6.70. The van der Waals surface area contributed by atoms with Crippen LogP contribution < -0.4 is 0 Å². The standard InChI is InChI=1S/C18H23N5O2/c1-22-11-13(10-20-22)17(24)9-14-3-2-8-23(14)12-15-4-5-18(25-15)16-6-7-19-21-16/h4-7,10-11,14,17,24H,2-3,8-9,12H2,1H3,(H,19,21)/t14-,17+/m1/s1. The molecule has 4 rings (SSSR count). The van der Waals surface area contributed by atoms with Gasteiger partial charge in [-0.15, -0.1) is 0 Å². The molecule has 3 aromatic rings. The summed E-state index contributed by atoms with van der Waals surface area (Å²) in [7, 11) is 1.87. The number of nitrogens with zero attached hydrogens (tertiary/aromatic N) is 4. The summed E-state index contributed by atoms with van der Waals surface area (Å²) in [5, 5.41) is 21.5. The van der Waals surface area contributed by atoms with Gasteiger partial charge >= 0.3 is 0 Å². The molecule has 1 saturated heterocycles. The van der Waals surface area contributed by atoms with Gasteiger partial charge in [-0.2, -0.15) is 10.2 Å². The SMILES string of the molecule is Cn1cc([C@@H](O)C[C@H]2CCCN2Cc2ccc(-c3ccn[nH]3)o2)cn1. The fourth-order valence-electron chi connectivity index (χ4n) is 3.58. The Labute approximate surface area is 146 Å². The topological polar surface area (TPSA) is 83.1 Å². The number of hydrogen-bond acceptors (Lipinski definition) is 5. The van der Waals surface area contributed by atoms with Crippen LogP contribution in [0.3, 0.4) is 0 Å². The van der Waals surface area contributed by atoms with Crippen LogP contribution in [0.2, 0.25) is 0 Å². The minimum atomic E-state index is -0.476. The Morgan fingerprint density at radius 2 is 2.32 bits per heavy atom. The molecule has 0 amide bonds. The number of likely N-dealkylation sites (tertiary alicyclic amines) is 1. The molecular weight excluding hydrogens is 318 g/mol. The molecule has 0 aromatic carbocycles. The quantitative estimate of drug-likeness (QED) is 0.720. The lowest BCUT2D eigenvalue weighted by Gasteiger charge is -2.25. The Kier molecular flexibility index (Phi) is 4.42. The summed E-state index contributed by atoms with van der Waals surface area (Å²) in [4.78, 5) is 2.40. The van der Waals surface area contributed by atoms with E-state index in [0.29, 0.717) is 6.04 Å². The minimum Gasteiger partial charge on any atom is -0.458 e. The first-order valence-corrected chi connectivity index (χ1v) is 8.68. The molecule has 0 saturated carbocycles. The normalized spacial score (nSPS) is 19.5. The Balaban J connectivity index is 1.40. The van der Waals surface area contributed by atoms with Crippen molar-refractivity contribution in [3.8, 4) is 11.5 Å². The van der Waals surface area contributed by atoms with Crippen molar-refractivity contribution < 1.29 is 9.52 Å². The third-order valence-corrected chi connectivity index (χ3v) is 4.89. The smallest absolute Gasteiger partial charge is 0.152 e. The molecule has 132 valence electrons. The molecule has 3 aromatic heterocycles. The van der Waals surface area contributed by atoms with Gasteiger partial charge < -0.3 is 9.52 Å². The highest BCUT2D eigenvalue weighted by molar-refractivity contribution is 5.51. The van der Waals surface area contributed by atoms with Crippen molar-refractivity contribution in [2.45, 2.75) is 38.0 Å². The van der Waals surface area contributed by atoms with Gasteiger partial charge in [0.05, 0.1) is 18.8 Å². The van der Waals surface area contributed by atoms with Crippen molar-refractivity contribution in [1.29, 1.82) is 0 Å². The van der Waals surface area contributed by atoms with Crippen molar-refractivity contribution >= 4 is 0 Å². The van der Waals surface area contributed by atoms with E-state index >= 15 is 0 Å². The number of nitrogens with one attached hydrogen (secondary N) is 1. The molecule has 0 bridgehead atoms. The van der Waals surface area contributed by atoms with Crippen molar-refractivity contribution in [3.05, 3.63) is 48.1 Å². The van der Waals surface area contributed by atoms with Gasteiger partial charge in [-0.3, -0.25) is 14.7 Å². The highest BCUT2D eigenvalue weighted by Gasteiger charge is 2.28. The zero-order valence-corrected chi connectivity index (χ0v) is 14.3. The van der Waals surface area contributed by atoms with E-state index in [9.17, 15) is 5.11 Å². The zero-order chi connectivity index (χ0) is 17.2. The molecular formula is C18H23N5O2. The molecule has 0 aliphatic carbocycles. The van der Waals surface area contributed by atoms with E-state index in [1.807, 2.05) is 31.4 Å². The number of aliphatic hydroxyl groups is 1. The summed E-state index contributed by atoms with van der Waals surface area (Å²) in [5.41, 5.74) is 1.77. The first-order valence-electron chi connectivity index (χ1n) is 8.68. The molecule has 4 heterocycles. The van der Waals surface area contributed by atoms with Gasteiger partial charge in [0.25, 0.3) is 0 Å². The predicted octanol–water partition coefficient (Wildman–Crippen LogP) is 2.49. The van der Waals surface area contributed by atoms with Crippen molar-refractivity contribution in [2.24, 2.45) is 7.05 Å². The maximum Gasteiger partial charge on any atom is 0.152 e. The van der Waals surface area contributed by atoms with Gasteiger partial charge in [0, 0.05) is 31.0 Å². The fraction of sp³-hybridized carbons (Fsp3) is 0.444. The van der Waals surface area contributed by atoms with Crippen molar-refractivity contribution in [2.75, 3.05) is 6.54 Å². The van der Waals surface area contributed by atoms with Crippen LogP contribution in [-0.4, -0.2) is 42.6 Å². The number of aliphatic hydroxyl groups excluding tert-OH is 1. The molecule has 0 unspecified atom stereocenters. The third-order valence-electron chi connectivity index (χ3n) is 4.89. The lowest BCUT2D eigenvalue weighted by Crippen LogP contribution is -2.30. The minimum absolute atomic E-state index is 0.357. The lowest BCUT2D eigenvalue weighted by atomic mass is 10.0. The second-order valence-electron chi connectivity index (χ2n) is 6.70. The van der Waals surface area contributed by atoms with E-state index in [2.05, 4.69) is 20.2 Å². The number of hydrogen-bond donors (Lipinski definition) is 2. The van der Waals surface area contributed by atoms with E-state index in [1.54, 1.807) is 17.1 Å². The van der Waals surface area contributed by atoms with E-state index in [1.165, 1.54) is 0 Å². The van der Waals surface area contributed by atoms with Gasteiger partial charge in [-0.05, 0) is 44.0 Å². The predicted molar refractivity (Wildman–Crippen MR) is 92.5 cm³/mol. The van der Waals surface area contributed by atoms with Crippen LogP contribution in [0.1, 0.15) is 36.7 Å². The van der Waals surface area contributed by atoms with Gasteiger partial charge in [0.15, 0.2) is 5.76 Å². The molecule has 0 spiro atoms. The third kappa shape index (κ3) is 3.52. The number of aryl methyl sites for hydroxylation is 1. The van der Waals surface area contributed by atoms with E-state index in [0.717, 1.165) is 55.1 Å². The van der Waals surface area contributed by atoms with E-state index in [-0.39, 0.29) is 0 Å². The summed E-state index contributed by atoms with van der Waals surface area (Å²) < 4.78 is 7.67. The maximum absolute atomic E-state index is 10.5. The van der Waals surface area contributed by atoms with Crippen LogP contribution in [0.25, 0.3) is 11.5 Å². The Morgan fingerprint density at radius 3 is 3.08 bits per heavy atom. The van der Waals surface area contributed by atoms with Gasteiger partial charge in [0.2, 0.25) is 0 Å². The number of rotatable bonds is 6. The van der Waals surface area contributed by atoms with Crippen molar-refractivity contribution in [1.82, 2.24) is 24.9 Å². The summed E-state index contributed by atoms with van der Waals surface area (Å²) in [6, 6.07) is 6.24. The molecule has 25 heavy (non-hydrogen) atoms. The Hall–Kier alpha value is -2.38. The van der Waals surface area contributed by atoms with Crippen LogP contribution in [0.15, 0.2) is 41.2 Å². The van der Waals surface area contributed by atoms with Crippen LogP contribution in [0.4, 0.5) is 0 Å². The summed E-state index contributed by atoms with van der Waals surface area (Å²) >= 11 is 0. The molecule has 1 fully saturated rings. The number of aromatic amines is 1. The molecule has 1 aliphatic rings. The molecule has 2 atom stereocenters. The Morgan fingerprint density at radius 1 is 1.40 bits per heavy atom. The van der Waals surface area contributed by atoms with Crippen LogP contribution in [-0.2, 0) is 13.6 Å². The van der Waals surface area contributed by atoms with Crippen LogP contribution >= 0.6 is 0 Å². The summed E-state index contributed by atoms with van der Waals surface area (Å²) in [5.74, 6) is 1.74. The maximum atomic E-state index is 10.5. The fourth-order valence-corrected chi connectivity index (χ4v) is 3.58. The first-order chi connectivity index (χ1) is 12.2. The second kappa shape index (κ2) is 6.85. The highest BCUT2D eigenvalue weighted by Crippen LogP contribution is 2.29. The number of H-pyrrole nitrogens is 1. The molecule has 0 radical (unpaired) electrons. The largest absolute Gasteiger partial charge is 0.458 e. The first kappa shape index (κ1) is 16.1. The Bertz CT molecular complexity index is 807. The van der Waals surface area contributed by atoms with Crippen molar-refractivity contribution in [3.63, 3.8) is 0 Å². The highest BCUT2D eigenvalue weighted by atomic mass is 16.3. The number of furan rings is 1. The van der Waals surface area contributed by atoms with E-state index < -0.39 is 6.10 Å². The van der Waals surface area contributed by atoms with Crippen LogP contribution in [0.5, 0.6) is 0 Å². The summed E-state index contributed by atoms with van der Waals surface area (Å²) in [6.07, 6.45) is 7.84. The molecule has 2 N–H and O–H groups in total.